The van der Waals surface area contributed by atoms with Crippen molar-refractivity contribution in [2.24, 2.45) is 35.3 Å². The number of carbonyl (C=O) groups excluding carboxylic acids is 7. The molecule has 1 aromatic heterocycles. The van der Waals surface area contributed by atoms with Crippen LogP contribution in [0.15, 0.2) is 24.3 Å². The van der Waals surface area contributed by atoms with Gasteiger partial charge in [-0.25, -0.2) is 19.1 Å². The number of primary amides is 1. The molecule has 0 radical (unpaired) electrons. The number of rotatable bonds is 26. The average molecular weight is 885 g/mol. The first-order valence-corrected chi connectivity index (χ1v) is 21.6. The minimum atomic E-state index is -0.840. The second-order valence-electron chi connectivity index (χ2n) is 16.0. The second kappa shape index (κ2) is 25.9. The van der Waals surface area contributed by atoms with Crippen molar-refractivity contribution < 1.29 is 52.5 Å². The van der Waals surface area contributed by atoms with Crippen molar-refractivity contribution in [3.8, 4) is 0 Å². The largest absolute Gasteiger partial charge is 0.449 e. The van der Waals surface area contributed by atoms with Crippen LogP contribution < -0.4 is 37.6 Å². The third kappa shape index (κ3) is 17.1. The zero-order chi connectivity index (χ0) is 45.7. The van der Waals surface area contributed by atoms with Crippen LogP contribution in [-0.2, 0) is 64.1 Å². The van der Waals surface area contributed by atoms with Crippen LogP contribution in [0, 0.1) is 29.6 Å². The number of benzene rings is 1. The number of hydrogen-bond donors (Lipinski definition) is 7. The lowest BCUT2D eigenvalue weighted by Crippen LogP contribution is -2.45. The number of urea groups is 1. The van der Waals surface area contributed by atoms with Gasteiger partial charge < -0.3 is 56.6 Å². The molecule has 2 aromatic rings. The Labute approximate surface area is 367 Å². The van der Waals surface area contributed by atoms with Gasteiger partial charge in [0.15, 0.2) is 5.78 Å². The lowest BCUT2D eigenvalue weighted by atomic mass is 9.89. The zero-order valence-corrected chi connectivity index (χ0v) is 36.7. The fourth-order valence-corrected chi connectivity index (χ4v) is 7.62. The molecule has 0 saturated heterocycles. The van der Waals surface area contributed by atoms with Gasteiger partial charge in [0.2, 0.25) is 17.7 Å². The highest BCUT2D eigenvalue weighted by Crippen LogP contribution is 2.52. The Bertz CT molecular complexity index is 1840. The Morgan fingerprint density at radius 3 is 2.30 bits per heavy atom. The molecule has 1 fully saturated rings. The summed E-state index contributed by atoms with van der Waals surface area (Å²) in [4.78, 5) is 86.1. The van der Waals surface area contributed by atoms with Gasteiger partial charge in [0.1, 0.15) is 13.2 Å². The number of ketones is 1. The molecular weight excluding hydrogens is 821 g/mol. The van der Waals surface area contributed by atoms with E-state index in [0.717, 1.165) is 37.1 Å². The Morgan fingerprint density at radius 1 is 0.857 bits per heavy atom. The van der Waals surface area contributed by atoms with Crippen LogP contribution >= 0.6 is 0 Å². The molecule has 1 saturated carbocycles. The standard InChI is InChI=1S/C42H64N10O11/c1-26(2)38(35(53)22-28(6-5-16-46-40(43)57)39(56)48-29-9-7-27(8-10-29)23-62-41(58)45-4)49-36(54)15-19-60-21-18-52-34-14-12-31-30(11-13-33(34)50-51-52)32(31)24-63-42(59)47-17-20-61-25-37(55)44-3/h7-10,26,28,30-32,38H,5-6,11-25H2,1-4H3,(H,44,55)(H,45,58)(H,47,59)(H,48,56)(H,49,54)(H3,43,46,57)/t28-,30?,31?,32-,38+/m1/s1. The van der Waals surface area contributed by atoms with Gasteiger partial charge >= 0.3 is 18.2 Å². The summed E-state index contributed by atoms with van der Waals surface area (Å²) in [5, 5.41) is 24.4. The number of carbonyl (C=O) groups is 7. The number of alkyl carbamates (subject to hydrolysis) is 2. The summed E-state index contributed by atoms with van der Waals surface area (Å²) >= 11 is 0. The van der Waals surface area contributed by atoms with Gasteiger partial charge in [-0.15, -0.1) is 5.10 Å². The van der Waals surface area contributed by atoms with Crippen molar-refractivity contribution in [3.05, 3.63) is 41.2 Å². The molecule has 21 nitrogen and oxygen atoms in total. The van der Waals surface area contributed by atoms with E-state index >= 15 is 0 Å². The van der Waals surface area contributed by atoms with Crippen molar-refractivity contribution in [1.29, 1.82) is 0 Å². The highest BCUT2D eigenvalue weighted by Gasteiger charge is 2.50. The topological polar surface area (TPSA) is 285 Å². The lowest BCUT2D eigenvalue weighted by Gasteiger charge is -2.24. The van der Waals surface area contributed by atoms with Crippen LogP contribution in [0.4, 0.5) is 20.1 Å². The van der Waals surface area contributed by atoms with E-state index in [4.69, 9.17) is 24.7 Å². The van der Waals surface area contributed by atoms with Crippen molar-refractivity contribution >= 4 is 47.4 Å². The van der Waals surface area contributed by atoms with Crippen LogP contribution in [0.5, 0.6) is 0 Å². The molecule has 5 atom stereocenters. The molecule has 63 heavy (non-hydrogen) atoms. The number of Topliss-reactive ketones (excluding diaryl/α,β-unsaturated/α-hetero) is 1. The zero-order valence-electron chi connectivity index (χ0n) is 36.7. The van der Waals surface area contributed by atoms with Gasteiger partial charge in [-0.3, -0.25) is 19.2 Å². The summed E-state index contributed by atoms with van der Waals surface area (Å²) in [6.07, 6.45) is 2.89. The van der Waals surface area contributed by atoms with Gasteiger partial charge in [0, 0.05) is 51.6 Å². The van der Waals surface area contributed by atoms with Gasteiger partial charge in [-0.2, -0.15) is 0 Å². The first-order chi connectivity index (χ1) is 30.3. The van der Waals surface area contributed by atoms with E-state index in [2.05, 4.69) is 42.2 Å². The molecule has 0 spiro atoms. The number of amides is 7. The molecule has 2 aliphatic rings. The highest BCUT2D eigenvalue weighted by atomic mass is 16.6. The van der Waals surface area contributed by atoms with Crippen molar-refractivity contribution in [2.75, 3.05) is 65.5 Å². The number of ether oxygens (including phenoxy) is 4. The van der Waals surface area contributed by atoms with Gasteiger partial charge in [-0.1, -0.05) is 31.2 Å². The predicted molar refractivity (Wildman–Crippen MR) is 228 cm³/mol. The summed E-state index contributed by atoms with van der Waals surface area (Å²) in [6.45, 7) is 5.51. The number of anilines is 1. The number of aromatic nitrogens is 3. The fraction of sp³-hybridized carbons (Fsp3) is 0.643. The number of nitrogens with one attached hydrogen (secondary N) is 6. The van der Waals surface area contributed by atoms with E-state index in [1.165, 1.54) is 14.1 Å². The van der Waals surface area contributed by atoms with E-state index < -0.39 is 36.1 Å². The quantitative estimate of drug-likeness (QED) is 0.0662. The Kier molecular flexibility index (Phi) is 20.5. The fourth-order valence-electron chi connectivity index (χ4n) is 7.62. The average Bonchev–Trinajstić information content (AvgIpc) is 3.77. The first kappa shape index (κ1) is 49.8. The van der Waals surface area contributed by atoms with Crippen LogP contribution in [0.25, 0.3) is 0 Å². The minimum Gasteiger partial charge on any atom is -0.449 e. The molecule has 2 unspecified atom stereocenters. The number of likely N-dealkylation sites (N-methyl/N-ethyl adjacent to an activating group) is 1. The Morgan fingerprint density at radius 2 is 1.60 bits per heavy atom. The first-order valence-electron chi connectivity index (χ1n) is 21.6. The van der Waals surface area contributed by atoms with E-state index in [-0.39, 0.29) is 82.3 Å². The molecule has 1 aromatic carbocycles. The molecule has 7 amide bonds. The second-order valence-corrected chi connectivity index (χ2v) is 16.0. The van der Waals surface area contributed by atoms with E-state index in [0.29, 0.717) is 55.2 Å². The van der Waals surface area contributed by atoms with Crippen LogP contribution in [-0.4, -0.2) is 123 Å². The lowest BCUT2D eigenvalue weighted by molar-refractivity contribution is -0.131. The summed E-state index contributed by atoms with van der Waals surface area (Å²) in [6, 6.07) is 5.20. The van der Waals surface area contributed by atoms with E-state index in [1.807, 2.05) is 18.5 Å². The summed E-state index contributed by atoms with van der Waals surface area (Å²) < 4.78 is 23.4. The molecule has 2 aliphatic carbocycles. The molecule has 8 N–H and O–H groups in total. The minimum absolute atomic E-state index is 0.0226. The summed E-state index contributed by atoms with van der Waals surface area (Å²) in [7, 11) is 2.98. The normalized spacial score (nSPS) is 17.3. The molecule has 1 heterocycles. The van der Waals surface area contributed by atoms with Crippen LogP contribution in [0.3, 0.4) is 0 Å². The number of hydrogen-bond acceptors (Lipinski definition) is 13. The predicted octanol–water partition coefficient (Wildman–Crippen LogP) is 1.57. The Balaban J connectivity index is 1.18. The molecule has 21 heteroatoms. The van der Waals surface area contributed by atoms with Crippen LogP contribution in [0.1, 0.15) is 69.3 Å². The van der Waals surface area contributed by atoms with Crippen molar-refractivity contribution in [1.82, 2.24) is 41.6 Å². The van der Waals surface area contributed by atoms with E-state index in [1.54, 1.807) is 24.3 Å². The van der Waals surface area contributed by atoms with Gasteiger partial charge in [0.05, 0.1) is 50.4 Å². The summed E-state index contributed by atoms with van der Waals surface area (Å²) in [5.74, 6) is -1.11. The Hall–Kier alpha value is -5.83. The number of nitrogens with zero attached hydrogens (tertiary/aromatic N) is 3. The number of nitrogens with two attached hydrogens (primary N) is 1. The SMILES string of the molecule is CNC(=O)COCCNC(=O)OC[C@@H]1C2CCc3nnn(CCOCCC(=O)N[C@H](C(=O)C[C@@H](CCCNC(N)=O)C(=O)Nc4ccc(COC(=O)NC)cc4)C(C)C)c3CCC21. The maximum atomic E-state index is 13.7. The van der Waals surface area contributed by atoms with Crippen molar-refractivity contribution in [2.45, 2.75) is 84.4 Å². The van der Waals surface area contributed by atoms with E-state index in [9.17, 15) is 33.6 Å². The number of aryl methyl sites for hydroxylation is 1. The highest BCUT2D eigenvalue weighted by molar-refractivity contribution is 5.97. The summed E-state index contributed by atoms with van der Waals surface area (Å²) in [5.41, 5.74) is 8.41. The van der Waals surface area contributed by atoms with Gasteiger partial charge in [-0.05, 0) is 79.9 Å². The maximum Gasteiger partial charge on any atom is 0.407 e. The third-order valence-corrected chi connectivity index (χ3v) is 11.2. The number of fused-ring (bicyclic) bond motifs is 2. The third-order valence-electron chi connectivity index (χ3n) is 11.2. The molecule has 0 aliphatic heterocycles. The van der Waals surface area contributed by atoms with Gasteiger partial charge in [0.25, 0.3) is 0 Å². The van der Waals surface area contributed by atoms with Crippen molar-refractivity contribution in [3.63, 3.8) is 0 Å². The molecule has 0 bridgehead atoms. The smallest absolute Gasteiger partial charge is 0.407 e. The molecule has 348 valence electrons. The maximum absolute atomic E-state index is 13.7. The monoisotopic (exact) mass is 884 g/mol. The van der Waals surface area contributed by atoms with Crippen LogP contribution in [0.2, 0.25) is 0 Å². The molecular formula is C42H64N10O11. The molecule has 4 rings (SSSR count).